The van der Waals surface area contributed by atoms with Crippen LogP contribution in [0, 0.1) is 6.92 Å². The van der Waals surface area contributed by atoms with E-state index in [0.29, 0.717) is 10.8 Å². The summed E-state index contributed by atoms with van der Waals surface area (Å²) in [6.45, 7) is 6.17. The van der Waals surface area contributed by atoms with Gasteiger partial charge in [0, 0.05) is 10.6 Å². The number of amides is 3. The second-order valence-corrected chi connectivity index (χ2v) is 6.55. The number of rotatable bonds is 5. The number of benzene rings is 1. The number of imide groups is 1. The number of carbonyl (C=O) groups excluding carboxylic acids is 3. The summed E-state index contributed by atoms with van der Waals surface area (Å²) < 4.78 is 10.0. The molecule has 0 aliphatic heterocycles. The highest BCUT2D eigenvalue weighted by Gasteiger charge is 2.16. The first-order valence-electron chi connectivity index (χ1n) is 7.23. The zero-order valence-corrected chi connectivity index (χ0v) is 14.8. The van der Waals surface area contributed by atoms with Crippen molar-refractivity contribution in [3.63, 3.8) is 0 Å². The third-order valence-corrected chi connectivity index (χ3v) is 2.82. The fraction of sp³-hybridized carbons (Fsp3) is 0.438. The van der Waals surface area contributed by atoms with Crippen LogP contribution in [0.5, 0.6) is 5.75 Å². The van der Waals surface area contributed by atoms with Crippen LogP contribution in [0.3, 0.4) is 0 Å². The minimum absolute atomic E-state index is 0.357. The van der Waals surface area contributed by atoms with Crippen molar-refractivity contribution in [2.24, 2.45) is 0 Å². The molecule has 132 valence electrons. The first kappa shape index (κ1) is 19.8. The number of urea groups is 1. The Morgan fingerprint density at radius 3 is 2.42 bits per heavy atom. The van der Waals surface area contributed by atoms with Crippen molar-refractivity contribution in [1.82, 2.24) is 10.6 Å². The van der Waals surface area contributed by atoms with Gasteiger partial charge in [-0.15, -0.1) is 0 Å². The summed E-state index contributed by atoms with van der Waals surface area (Å²) in [5.41, 5.74) is 0.289. The topological polar surface area (TPSA) is 93.7 Å². The number of aryl methyl sites for hydroxylation is 1. The Hall–Kier alpha value is -2.28. The Kier molecular flexibility index (Phi) is 7.03. The number of carbonyl (C=O) groups is 3. The average Bonchev–Trinajstić information content (AvgIpc) is 2.42. The standard InChI is InChI=1S/C16H21ClN2O5/c1-10-7-11(17)5-6-12(10)23-9-14(21)24-8-13(20)18-15(22)19-16(2,3)4/h5-7H,8-9H2,1-4H3,(H2,18,19,20,22). The van der Waals surface area contributed by atoms with Crippen LogP contribution in [-0.4, -0.2) is 36.7 Å². The van der Waals surface area contributed by atoms with E-state index in [1.54, 1.807) is 45.9 Å². The summed E-state index contributed by atoms with van der Waals surface area (Å²) in [4.78, 5) is 34.5. The molecule has 3 amide bonds. The van der Waals surface area contributed by atoms with Gasteiger partial charge in [-0.2, -0.15) is 0 Å². The largest absolute Gasteiger partial charge is 0.482 e. The van der Waals surface area contributed by atoms with Gasteiger partial charge in [0.05, 0.1) is 0 Å². The Morgan fingerprint density at radius 1 is 1.17 bits per heavy atom. The fourth-order valence-corrected chi connectivity index (χ4v) is 1.86. The van der Waals surface area contributed by atoms with Gasteiger partial charge in [0.1, 0.15) is 5.75 Å². The lowest BCUT2D eigenvalue weighted by atomic mass is 10.1. The van der Waals surface area contributed by atoms with Gasteiger partial charge in [0.2, 0.25) is 0 Å². The van der Waals surface area contributed by atoms with E-state index in [1.165, 1.54) is 0 Å². The fourth-order valence-electron chi connectivity index (χ4n) is 1.63. The van der Waals surface area contributed by atoms with Crippen molar-refractivity contribution >= 4 is 29.5 Å². The van der Waals surface area contributed by atoms with Gasteiger partial charge < -0.3 is 14.8 Å². The number of nitrogens with one attached hydrogen (secondary N) is 2. The highest BCUT2D eigenvalue weighted by Crippen LogP contribution is 2.21. The smallest absolute Gasteiger partial charge is 0.344 e. The molecule has 0 unspecified atom stereocenters. The summed E-state index contributed by atoms with van der Waals surface area (Å²) in [5, 5.41) is 5.17. The van der Waals surface area contributed by atoms with Gasteiger partial charge >= 0.3 is 12.0 Å². The van der Waals surface area contributed by atoms with Crippen molar-refractivity contribution in [1.29, 1.82) is 0 Å². The van der Waals surface area contributed by atoms with Gasteiger partial charge in [-0.05, 0) is 51.5 Å². The lowest BCUT2D eigenvalue weighted by molar-refractivity contribution is -0.150. The molecule has 7 nitrogen and oxygen atoms in total. The molecule has 0 aromatic heterocycles. The molecule has 0 saturated carbocycles. The van der Waals surface area contributed by atoms with E-state index in [1.807, 2.05) is 0 Å². The Balaban J connectivity index is 2.33. The normalized spacial score (nSPS) is 10.7. The van der Waals surface area contributed by atoms with Crippen molar-refractivity contribution in [2.75, 3.05) is 13.2 Å². The zero-order valence-electron chi connectivity index (χ0n) is 14.1. The predicted octanol–water partition coefficient (Wildman–Crippen LogP) is 2.19. The molecule has 1 aromatic rings. The Bertz CT molecular complexity index is 625. The van der Waals surface area contributed by atoms with Crippen LogP contribution in [0.15, 0.2) is 18.2 Å². The highest BCUT2D eigenvalue weighted by molar-refractivity contribution is 6.30. The van der Waals surface area contributed by atoms with Gasteiger partial charge in [0.15, 0.2) is 13.2 Å². The minimum atomic E-state index is -0.729. The molecule has 0 atom stereocenters. The van der Waals surface area contributed by atoms with Gasteiger partial charge in [-0.3, -0.25) is 10.1 Å². The zero-order chi connectivity index (χ0) is 18.3. The van der Waals surface area contributed by atoms with Gasteiger partial charge in [-0.25, -0.2) is 9.59 Å². The number of hydrogen-bond donors (Lipinski definition) is 2. The SMILES string of the molecule is Cc1cc(Cl)ccc1OCC(=O)OCC(=O)NC(=O)NC(C)(C)C. The van der Waals surface area contributed by atoms with Crippen molar-refractivity contribution in [2.45, 2.75) is 33.2 Å². The average molecular weight is 357 g/mol. The van der Waals surface area contributed by atoms with E-state index in [-0.39, 0.29) is 6.61 Å². The molecular weight excluding hydrogens is 336 g/mol. The molecule has 0 radical (unpaired) electrons. The second-order valence-electron chi connectivity index (χ2n) is 6.11. The van der Waals surface area contributed by atoms with Crippen LogP contribution in [0.4, 0.5) is 4.79 Å². The maximum Gasteiger partial charge on any atom is 0.344 e. The first-order chi connectivity index (χ1) is 11.1. The minimum Gasteiger partial charge on any atom is -0.482 e. The maximum absolute atomic E-state index is 11.6. The van der Waals surface area contributed by atoms with Crippen LogP contribution >= 0.6 is 11.6 Å². The molecule has 1 aromatic carbocycles. The molecular formula is C16H21ClN2O5. The molecule has 0 aliphatic carbocycles. The summed E-state index contributed by atoms with van der Waals surface area (Å²) in [5.74, 6) is -0.964. The maximum atomic E-state index is 11.6. The summed E-state index contributed by atoms with van der Waals surface area (Å²) in [7, 11) is 0. The molecule has 0 saturated heterocycles. The highest BCUT2D eigenvalue weighted by atomic mass is 35.5. The third kappa shape index (κ3) is 7.82. The summed E-state index contributed by atoms with van der Waals surface area (Å²) >= 11 is 5.82. The van der Waals surface area contributed by atoms with E-state index in [2.05, 4.69) is 10.6 Å². The van der Waals surface area contributed by atoms with E-state index < -0.39 is 30.1 Å². The molecule has 24 heavy (non-hydrogen) atoms. The molecule has 0 heterocycles. The lowest BCUT2D eigenvalue weighted by Crippen LogP contribution is -2.49. The molecule has 8 heteroatoms. The Morgan fingerprint density at radius 2 is 1.83 bits per heavy atom. The van der Waals surface area contributed by atoms with E-state index in [0.717, 1.165) is 5.56 Å². The van der Waals surface area contributed by atoms with Gasteiger partial charge in [-0.1, -0.05) is 11.6 Å². The van der Waals surface area contributed by atoms with Crippen molar-refractivity contribution < 1.29 is 23.9 Å². The molecule has 1 rings (SSSR count). The Labute approximate surface area is 145 Å². The number of hydrogen-bond acceptors (Lipinski definition) is 5. The van der Waals surface area contributed by atoms with Crippen molar-refractivity contribution in [3.8, 4) is 5.75 Å². The van der Waals surface area contributed by atoms with Crippen LogP contribution in [0.25, 0.3) is 0 Å². The third-order valence-electron chi connectivity index (χ3n) is 2.59. The van der Waals surface area contributed by atoms with E-state index in [4.69, 9.17) is 21.1 Å². The van der Waals surface area contributed by atoms with Crippen LogP contribution in [0.2, 0.25) is 5.02 Å². The van der Waals surface area contributed by atoms with E-state index >= 15 is 0 Å². The van der Waals surface area contributed by atoms with Crippen molar-refractivity contribution in [3.05, 3.63) is 28.8 Å². The number of esters is 1. The number of ether oxygens (including phenoxy) is 2. The quantitative estimate of drug-likeness (QED) is 0.789. The molecule has 2 N–H and O–H groups in total. The molecule has 0 aliphatic rings. The first-order valence-corrected chi connectivity index (χ1v) is 7.61. The molecule has 0 bridgehead atoms. The monoisotopic (exact) mass is 356 g/mol. The van der Waals surface area contributed by atoms with Gasteiger partial charge in [0.25, 0.3) is 5.91 Å². The molecule has 0 spiro atoms. The van der Waals surface area contributed by atoms with Crippen LogP contribution in [0.1, 0.15) is 26.3 Å². The van der Waals surface area contributed by atoms with Crippen LogP contribution < -0.4 is 15.4 Å². The summed E-state index contributed by atoms with van der Waals surface area (Å²) in [6.07, 6.45) is 0. The van der Waals surface area contributed by atoms with Crippen LogP contribution in [-0.2, 0) is 14.3 Å². The molecule has 0 fully saturated rings. The summed E-state index contributed by atoms with van der Waals surface area (Å²) in [6, 6.07) is 4.31. The second kappa shape index (κ2) is 8.54. The lowest BCUT2D eigenvalue weighted by Gasteiger charge is -2.20. The van der Waals surface area contributed by atoms with E-state index in [9.17, 15) is 14.4 Å². The number of halogens is 1. The predicted molar refractivity (Wildman–Crippen MR) is 89.1 cm³/mol.